The molecule has 66 valence electrons. The first-order valence-electron chi connectivity index (χ1n) is 3.11. The molecule has 4 nitrogen and oxygen atoms in total. The Morgan fingerprint density at radius 3 is 2.75 bits per heavy atom. The van der Waals surface area contributed by atoms with Crippen molar-refractivity contribution in [2.75, 3.05) is 7.11 Å². The first kappa shape index (κ1) is 9.02. The van der Waals surface area contributed by atoms with Crippen molar-refractivity contribution in [3.05, 3.63) is 18.2 Å². The number of phenols is 1. The van der Waals surface area contributed by atoms with Gasteiger partial charge in [-0.25, -0.2) is 0 Å². The lowest BCUT2D eigenvalue weighted by Gasteiger charge is -2.07. The first-order valence-corrected chi connectivity index (χ1v) is 4.19. The van der Waals surface area contributed by atoms with Crippen LogP contribution in [0.3, 0.4) is 0 Å². The van der Waals surface area contributed by atoms with E-state index in [1.807, 2.05) is 0 Å². The van der Waals surface area contributed by atoms with Gasteiger partial charge in [-0.1, -0.05) is 0 Å². The summed E-state index contributed by atoms with van der Waals surface area (Å²) in [6, 6.07) is 3.81. The molecule has 1 atom stereocenters. The lowest BCUT2D eigenvalue weighted by atomic mass is 10.3. The average molecular weight is 187 g/mol. The van der Waals surface area contributed by atoms with Crippen LogP contribution in [-0.2, 0) is 11.1 Å². The lowest BCUT2D eigenvalue weighted by Crippen LogP contribution is -1.90. The Morgan fingerprint density at radius 2 is 2.25 bits per heavy atom. The third-order valence-corrected chi connectivity index (χ3v) is 1.98. The highest BCUT2D eigenvalue weighted by molar-refractivity contribution is 7.79. The first-order chi connectivity index (χ1) is 5.65. The Balaban J connectivity index is 3.13. The molecular formula is C7H7O4S-. The van der Waals surface area contributed by atoms with Crippen LogP contribution >= 0.6 is 0 Å². The minimum atomic E-state index is -2.29. The molecular weight excluding hydrogens is 180 g/mol. The number of benzene rings is 1. The molecule has 1 N–H and O–H groups in total. The zero-order valence-corrected chi connectivity index (χ0v) is 7.13. The fraction of sp³-hybridized carbons (Fsp3) is 0.143. The van der Waals surface area contributed by atoms with E-state index in [4.69, 9.17) is 9.84 Å². The van der Waals surface area contributed by atoms with Gasteiger partial charge >= 0.3 is 0 Å². The number of hydrogen-bond donors (Lipinski definition) is 1. The summed E-state index contributed by atoms with van der Waals surface area (Å²) in [5.74, 6) is 0.0726. The molecule has 0 fully saturated rings. The number of aromatic hydroxyl groups is 1. The van der Waals surface area contributed by atoms with Crippen molar-refractivity contribution >= 4 is 11.1 Å². The SMILES string of the molecule is COc1cc(S(=O)[O-])ccc1O. The molecule has 0 aliphatic rings. The second kappa shape index (κ2) is 3.55. The van der Waals surface area contributed by atoms with Crippen LogP contribution in [0.4, 0.5) is 0 Å². The zero-order chi connectivity index (χ0) is 9.14. The molecule has 12 heavy (non-hydrogen) atoms. The fourth-order valence-corrected chi connectivity index (χ4v) is 1.14. The van der Waals surface area contributed by atoms with Gasteiger partial charge in [0.15, 0.2) is 11.5 Å². The van der Waals surface area contributed by atoms with Crippen LogP contribution in [0.15, 0.2) is 23.1 Å². The minimum Gasteiger partial charge on any atom is -0.768 e. The van der Waals surface area contributed by atoms with Crippen LogP contribution in [0, 0.1) is 0 Å². The largest absolute Gasteiger partial charge is 0.768 e. The van der Waals surface area contributed by atoms with Crippen molar-refractivity contribution in [1.82, 2.24) is 0 Å². The average Bonchev–Trinajstić information content (AvgIpc) is 2.05. The molecule has 1 rings (SSSR count). The van der Waals surface area contributed by atoms with E-state index in [0.29, 0.717) is 0 Å². The Kier molecular flexibility index (Phi) is 2.67. The van der Waals surface area contributed by atoms with E-state index < -0.39 is 11.1 Å². The molecule has 0 heterocycles. The maximum atomic E-state index is 10.4. The summed E-state index contributed by atoms with van der Waals surface area (Å²) >= 11 is -2.29. The number of rotatable bonds is 2. The number of methoxy groups -OCH3 is 1. The summed E-state index contributed by atoms with van der Waals surface area (Å²) in [6.07, 6.45) is 0. The maximum absolute atomic E-state index is 10.4. The van der Waals surface area contributed by atoms with Gasteiger partial charge in [0.05, 0.1) is 7.11 Å². The van der Waals surface area contributed by atoms with Crippen LogP contribution in [0.5, 0.6) is 11.5 Å². The highest BCUT2D eigenvalue weighted by atomic mass is 32.2. The Morgan fingerprint density at radius 1 is 1.58 bits per heavy atom. The maximum Gasteiger partial charge on any atom is 0.161 e. The summed E-state index contributed by atoms with van der Waals surface area (Å²) < 4.78 is 25.6. The van der Waals surface area contributed by atoms with Gasteiger partial charge in [0.2, 0.25) is 0 Å². The van der Waals surface area contributed by atoms with Gasteiger partial charge < -0.3 is 14.4 Å². The predicted octanol–water partition coefficient (Wildman–Crippen LogP) is 0.639. The summed E-state index contributed by atoms with van der Waals surface area (Å²) in [4.78, 5) is 0.0876. The third kappa shape index (κ3) is 1.75. The fourth-order valence-electron chi connectivity index (χ4n) is 0.762. The van der Waals surface area contributed by atoms with Crippen LogP contribution in [0.1, 0.15) is 0 Å². The molecule has 0 radical (unpaired) electrons. The summed E-state index contributed by atoms with van der Waals surface area (Å²) in [6.45, 7) is 0. The molecule has 1 unspecified atom stereocenters. The smallest absolute Gasteiger partial charge is 0.161 e. The van der Waals surface area contributed by atoms with Gasteiger partial charge in [0.25, 0.3) is 0 Å². The number of hydrogen-bond acceptors (Lipinski definition) is 4. The lowest BCUT2D eigenvalue weighted by molar-refractivity contribution is 0.372. The minimum absolute atomic E-state index is 0.0771. The van der Waals surface area contributed by atoms with E-state index in [9.17, 15) is 8.76 Å². The molecule has 1 aromatic rings. The molecule has 0 spiro atoms. The van der Waals surface area contributed by atoms with Gasteiger partial charge in [0, 0.05) is 4.90 Å². The van der Waals surface area contributed by atoms with Crippen molar-refractivity contribution in [2.24, 2.45) is 0 Å². The quantitative estimate of drug-likeness (QED) is 0.690. The molecule has 0 saturated carbocycles. The molecule has 0 amide bonds. The van der Waals surface area contributed by atoms with Crippen LogP contribution in [0.2, 0.25) is 0 Å². The molecule has 0 bridgehead atoms. The van der Waals surface area contributed by atoms with Gasteiger partial charge in [0.1, 0.15) is 0 Å². The second-order valence-corrected chi connectivity index (χ2v) is 3.01. The molecule has 0 aliphatic carbocycles. The van der Waals surface area contributed by atoms with Crippen LogP contribution in [0.25, 0.3) is 0 Å². The molecule has 0 aromatic heterocycles. The Bertz CT molecular complexity index is 310. The van der Waals surface area contributed by atoms with Crippen molar-refractivity contribution in [3.63, 3.8) is 0 Å². The van der Waals surface area contributed by atoms with E-state index in [-0.39, 0.29) is 16.4 Å². The van der Waals surface area contributed by atoms with Gasteiger partial charge in [-0.05, 0) is 29.3 Å². The zero-order valence-electron chi connectivity index (χ0n) is 6.31. The molecule has 1 aromatic carbocycles. The van der Waals surface area contributed by atoms with Crippen molar-refractivity contribution in [1.29, 1.82) is 0 Å². The normalized spacial score (nSPS) is 12.5. The Hall–Kier alpha value is -1.07. The van der Waals surface area contributed by atoms with Crippen molar-refractivity contribution < 1.29 is 18.6 Å². The summed E-state index contributed by atoms with van der Waals surface area (Å²) in [5, 5.41) is 9.09. The molecule has 5 heteroatoms. The molecule has 0 saturated heterocycles. The summed E-state index contributed by atoms with van der Waals surface area (Å²) in [5.41, 5.74) is 0. The summed E-state index contributed by atoms with van der Waals surface area (Å²) in [7, 11) is 1.35. The van der Waals surface area contributed by atoms with Gasteiger partial charge in [-0.2, -0.15) is 0 Å². The highest BCUT2D eigenvalue weighted by Gasteiger charge is 2.01. The Labute approximate surface area is 72.1 Å². The van der Waals surface area contributed by atoms with E-state index in [1.165, 1.54) is 25.3 Å². The monoisotopic (exact) mass is 187 g/mol. The molecule has 0 aliphatic heterocycles. The predicted molar refractivity (Wildman–Crippen MR) is 41.8 cm³/mol. The van der Waals surface area contributed by atoms with Crippen LogP contribution in [-0.4, -0.2) is 21.0 Å². The van der Waals surface area contributed by atoms with Gasteiger partial charge in [-0.15, -0.1) is 0 Å². The second-order valence-electron chi connectivity index (χ2n) is 2.07. The topological polar surface area (TPSA) is 69.6 Å². The highest BCUT2D eigenvalue weighted by Crippen LogP contribution is 2.27. The number of phenolic OH excluding ortho intramolecular Hbond substituents is 1. The van der Waals surface area contributed by atoms with Gasteiger partial charge in [-0.3, -0.25) is 4.21 Å². The number of ether oxygens (including phenoxy) is 1. The van der Waals surface area contributed by atoms with Crippen molar-refractivity contribution in [3.8, 4) is 11.5 Å². The third-order valence-electron chi connectivity index (χ3n) is 1.34. The standard InChI is InChI=1S/C7H8O4S/c1-11-7-4-5(12(9)10)2-3-6(7)8/h2-4,8H,1H3,(H,9,10)/p-1. The van der Waals surface area contributed by atoms with Crippen molar-refractivity contribution in [2.45, 2.75) is 4.90 Å². The van der Waals surface area contributed by atoms with E-state index in [0.717, 1.165) is 0 Å². The van der Waals surface area contributed by atoms with E-state index >= 15 is 0 Å². The van der Waals surface area contributed by atoms with Crippen LogP contribution < -0.4 is 4.74 Å². The van der Waals surface area contributed by atoms with E-state index in [1.54, 1.807) is 0 Å². The van der Waals surface area contributed by atoms with E-state index in [2.05, 4.69) is 0 Å².